The molecule has 6 saturated heterocycles. The number of amides is 2. The topological polar surface area (TPSA) is 83.1 Å². The molecule has 6 heterocycles. The van der Waals surface area contributed by atoms with Crippen molar-refractivity contribution in [1.29, 1.82) is 0 Å². The first kappa shape index (κ1) is 19.6. The zero-order valence-corrected chi connectivity index (χ0v) is 17.2. The fourth-order valence-corrected chi connectivity index (χ4v) is 5.33. The molecule has 2 unspecified atom stereocenters. The second-order valence-corrected chi connectivity index (χ2v) is 8.99. The van der Waals surface area contributed by atoms with Crippen molar-refractivity contribution >= 4 is 23.6 Å². The Morgan fingerprint density at radius 3 is 1.57 bits per heavy atom. The Kier molecular flexibility index (Phi) is 5.52. The minimum atomic E-state index is -0.444. The Labute approximate surface area is 176 Å². The van der Waals surface area contributed by atoms with E-state index < -0.39 is 12.2 Å². The van der Waals surface area contributed by atoms with Crippen LogP contribution in [-0.4, -0.2) is 73.5 Å². The highest BCUT2D eigenvalue weighted by molar-refractivity contribution is 5.88. The van der Waals surface area contributed by atoms with Crippen molar-refractivity contribution in [1.82, 2.24) is 9.80 Å². The summed E-state index contributed by atoms with van der Waals surface area (Å²) in [6.07, 6.45) is 3.42. The fourth-order valence-electron chi connectivity index (χ4n) is 5.33. The third kappa shape index (κ3) is 4.39. The predicted molar refractivity (Wildman–Crippen MR) is 113 cm³/mol. The van der Waals surface area contributed by atoms with Gasteiger partial charge in [-0.25, -0.2) is 9.59 Å². The third-order valence-electron chi connectivity index (χ3n) is 7.06. The number of ether oxygens (including phenoxy) is 2. The maximum atomic E-state index is 12.4. The molecule has 0 aliphatic carbocycles. The van der Waals surface area contributed by atoms with E-state index in [1.54, 1.807) is 24.3 Å². The van der Waals surface area contributed by atoms with Gasteiger partial charge in [-0.05, 0) is 81.9 Å². The van der Waals surface area contributed by atoms with Crippen LogP contribution in [0.15, 0.2) is 24.3 Å². The molecule has 4 bridgehead atoms. The molecule has 1 aromatic rings. The van der Waals surface area contributed by atoms with E-state index in [2.05, 4.69) is 20.4 Å². The van der Waals surface area contributed by atoms with Gasteiger partial charge in [0, 0.05) is 24.5 Å². The van der Waals surface area contributed by atoms with E-state index in [9.17, 15) is 9.59 Å². The van der Waals surface area contributed by atoms with Gasteiger partial charge in [0.25, 0.3) is 0 Å². The highest BCUT2D eigenvalue weighted by Gasteiger charge is 2.37. The summed E-state index contributed by atoms with van der Waals surface area (Å²) in [5, 5.41) is 5.57. The zero-order valence-electron chi connectivity index (χ0n) is 17.2. The van der Waals surface area contributed by atoms with Crippen molar-refractivity contribution in [3.63, 3.8) is 0 Å². The lowest BCUT2D eigenvalue weighted by molar-refractivity contribution is -0.0291. The average Bonchev–Trinajstić information content (AvgIpc) is 2.75. The molecule has 0 saturated carbocycles. The van der Waals surface area contributed by atoms with E-state index in [1.807, 2.05) is 0 Å². The van der Waals surface area contributed by atoms with E-state index in [4.69, 9.17) is 9.47 Å². The molecule has 8 nitrogen and oxygen atoms in total. The number of fused-ring (bicyclic) bond motifs is 6. The van der Waals surface area contributed by atoms with Crippen molar-refractivity contribution in [2.24, 2.45) is 11.8 Å². The van der Waals surface area contributed by atoms with Crippen LogP contribution >= 0.6 is 0 Å². The van der Waals surface area contributed by atoms with Gasteiger partial charge < -0.3 is 9.47 Å². The summed E-state index contributed by atoms with van der Waals surface area (Å²) in [4.78, 5) is 29.4. The number of benzene rings is 1. The lowest BCUT2D eigenvalue weighted by Gasteiger charge is -2.43. The van der Waals surface area contributed by atoms with Crippen molar-refractivity contribution in [3.8, 4) is 0 Å². The van der Waals surface area contributed by atoms with Gasteiger partial charge in [-0.3, -0.25) is 20.4 Å². The van der Waals surface area contributed by atoms with Crippen molar-refractivity contribution in [3.05, 3.63) is 24.3 Å². The molecule has 6 aliphatic heterocycles. The Bertz CT molecular complexity index is 726. The van der Waals surface area contributed by atoms with Crippen LogP contribution in [0.4, 0.5) is 21.0 Å². The molecule has 6 aliphatic rings. The summed E-state index contributed by atoms with van der Waals surface area (Å²) < 4.78 is 11.3. The maximum absolute atomic E-state index is 12.4. The Balaban J connectivity index is 1.12. The van der Waals surface area contributed by atoms with E-state index in [0.29, 0.717) is 23.2 Å². The van der Waals surface area contributed by atoms with Gasteiger partial charge in [0.1, 0.15) is 12.2 Å². The van der Waals surface area contributed by atoms with Crippen LogP contribution in [0, 0.1) is 11.8 Å². The zero-order chi connectivity index (χ0) is 20.5. The average molecular weight is 415 g/mol. The predicted octanol–water partition coefficient (Wildman–Crippen LogP) is 2.97. The summed E-state index contributed by atoms with van der Waals surface area (Å²) in [7, 11) is 0. The number of carbonyl (C=O) groups excluding carboxylic acids is 2. The van der Waals surface area contributed by atoms with Crippen molar-refractivity contribution in [2.45, 2.75) is 37.9 Å². The van der Waals surface area contributed by atoms with Crippen LogP contribution in [0.3, 0.4) is 0 Å². The van der Waals surface area contributed by atoms with Gasteiger partial charge in [-0.15, -0.1) is 0 Å². The SMILES string of the molecule is O=C(Nc1cccc(NC(=O)OC2CN3CCC2CC3)c1)OC1CN2CCC1CC2. The minimum Gasteiger partial charge on any atom is -0.444 e. The monoisotopic (exact) mass is 414 g/mol. The number of nitrogens with one attached hydrogen (secondary N) is 2. The minimum absolute atomic E-state index is 0.0367. The number of hydrogen-bond acceptors (Lipinski definition) is 6. The maximum Gasteiger partial charge on any atom is 0.411 e. The van der Waals surface area contributed by atoms with Crippen molar-refractivity contribution in [2.75, 3.05) is 49.9 Å². The van der Waals surface area contributed by atoms with Gasteiger partial charge in [-0.2, -0.15) is 0 Å². The largest absolute Gasteiger partial charge is 0.444 e. The van der Waals surface area contributed by atoms with E-state index in [1.165, 1.54) is 0 Å². The molecular weight excluding hydrogens is 384 g/mol. The summed E-state index contributed by atoms with van der Waals surface area (Å²) in [6, 6.07) is 7.06. The molecule has 2 amide bonds. The number of rotatable bonds is 4. The summed E-state index contributed by atoms with van der Waals surface area (Å²) >= 11 is 0. The normalized spacial score (nSPS) is 34.3. The number of hydrogen-bond donors (Lipinski definition) is 2. The van der Waals surface area contributed by atoms with Crippen LogP contribution in [0.25, 0.3) is 0 Å². The van der Waals surface area contributed by atoms with E-state index in [-0.39, 0.29) is 12.2 Å². The molecule has 8 heteroatoms. The molecule has 0 aromatic heterocycles. The van der Waals surface area contributed by atoms with Gasteiger partial charge in [0.15, 0.2) is 0 Å². The highest BCUT2D eigenvalue weighted by atomic mass is 16.6. The molecule has 1 aromatic carbocycles. The van der Waals surface area contributed by atoms with Crippen LogP contribution in [0.2, 0.25) is 0 Å². The first-order chi connectivity index (χ1) is 14.6. The first-order valence-corrected chi connectivity index (χ1v) is 11.1. The molecule has 0 radical (unpaired) electrons. The number of nitrogens with zero attached hydrogens (tertiary/aromatic N) is 2. The Morgan fingerprint density at radius 1 is 0.767 bits per heavy atom. The van der Waals surface area contributed by atoms with Crippen LogP contribution in [0.5, 0.6) is 0 Å². The van der Waals surface area contributed by atoms with Gasteiger partial charge in [-0.1, -0.05) is 6.07 Å². The molecule has 2 atom stereocenters. The fraction of sp³-hybridized carbons (Fsp3) is 0.636. The Hall–Kier alpha value is -2.32. The summed E-state index contributed by atoms with van der Waals surface area (Å²) in [5.74, 6) is 0.935. The second kappa shape index (κ2) is 8.43. The molecule has 0 spiro atoms. The summed E-state index contributed by atoms with van der Waals surface area (Å²) in [6.45, 7) is 6.08. The van der Waals surface area contributed by atoms with E-state index >= 15 is 0 Å². The molecule has 2 N–H and O–H groups in total. The van der Waals surface area contributed by atoms with Gasteiger partial charge >= 0.3 is 12.2 Å². The molecule has 162 valence electrons. The van der Waals surface area contributed by atoms with E-state index in [0.717, 1.165) is 65.0 Å². The second-order valence-electron chi connectivity index (χ2n) is 8.99. The highest BCUT2D eigenvalue weighted by Crippen LogP contribution is 2.31. The number of carbonyl (C=O) groups is 2. The lowest BCUT2D eigenvalue weighted by Crippen LogP contribution is -2.52. The molecule has 6 fully saturated rings. The standard InChI is InChI=1S/C22H30N4O4/c27-21(29-19-13-25-8-4-15(19)5-9-25)23-17-2-1-3-18(12-17)24-22(28)30-20-14-26-10-6-16(20)7-11-26/h1-3,12,15-16,19-20H,4-11,13-14H2,(H,23,27)(H,24,28). The number of anilines is 2. The van der Waals surface area contributed by atoms with Crippen LogP contribution < -0.4 is 10.6 Å². The molecular formula is C22H30N4O4. The smallest absolute Gasteiger partial charge is 0.411 e. The van der Waals surface area contributed by atoms with Crippen LogP contribution in [0.1, 0.15) is 25.7 Å². The quantitative estimate of drug-likeness (QED) is 0.788. The van der Waals surface area contributed by atoms with Crippen LogP contribution in [-0.2, 0) is 9.47 Å². The first-order valence-electron chi connectivity index (χ1n) is 11.1. The van der Waals surface area contributed by atoms with Gasteiger partial charge in [0.2, 0.25) is 0 Å². The Morgan fingerprint density at radius 2 is 1.20 bits per heavy atom. The molecule has 7 rings (SSSR count). The number of piperidine rings is 6. The third-order valence-corrected chi connectivity index (χ3v) is 7.06. The molecule has 30 heavy (non-hydrogen) atoms. The van der Waals surface area contributed by atoms with Crippen molar-refractivity contribution < 1.29 is 19.1 Å². The lowest BCUT2D eigenvalue weighted by atomic mass is 9.86. The van der Waals surface area contributed by atoms with Gasteiger partial charge in [0.05, 0.1) is 0 Å². The summed E-state index contributed by atoms with van der Waals surface area (Å²) in [5.41, 5.74) is 1.17.